The van der Waals surface area contributed by atoms with Crippen LogP contribution in [0.3, 0.4) is 0 Å². The number of nitrogens with zero attached hydrogens (tertiary/aromatic N) is 1. The van der Waals surface area contributed by atoms with Gasteiger partial charge >= 0.3 is 0 Å². The van der Waals surface area contributed by atoms with Crippen LogP contribution in [0.15, 0.2) is 0 Å². The molecule has 0 spiro atoms. The van der Waals surface area contributed by atoms with Crippen LogP contribution in [0.25, 0.3) is 0 Å². The van der Waals surface area contributed by atoms with E-state index in [2.05, 4.69) is 17.1 Å². The summed E-state index contributed by atoms with van der Waals surface area (Å²) in [7, 11) is 0. The fraction of sp³-hybridized carbons (Fsp3) is 1.00. The van der Waals surface area contributed by atoms with Crippen molar-refractivity contribution in [1.29, 1.82) is 0 Å². The molecule has 2 fully saturated rings. The van der Waals surface area contributed by atoms with E-state index in [1.165, 1.54) is 45.3 Å². The molecular weight excluding hydrogens is 212 g/mol. The molecule has 0 aromatic heterocycles. The number of nitrogens with one attached hydrogen (secondary N) is 1. The molecule has 3 nitrogen and oxygen atoms in total. The van der Waals surface area contributed by atoms with Crippen molar-refractivity contribution in [3.05, 3.63) is 0 Å². The standard InChI is InChI=1S/C14H28N2O/c1-2-15-14-8-13(4-3-7-17)10-16(11-14)9-12-5-6-12/h12-15,17H,2-11H2,1H3. The van der Waals surface area contributed by atoms with E-state index in [1.807, 2.05) is 0 Å². The van der Waals surface area contributed by atoms with Crippen LogP contribution in [0.5, 0.6) is 0 Å². The Morgan fingerprint density at radius 1 is 1.24 bits per heavy atom. The first kappa shape index (κ1) is 13.3. The van der Waals surface area contributed by atoms with Gasteiger partial charge in [-0.2, -0.15) is 0 Å². The molecule has 2 atom stereocenters. The third-order valence-electron chi connectivity index (χ3n) is 4.09. The fourth-order valence-corrected chi connectivity index (χ4v) is 3.14. The predicted molar refractivity (Wildman–Crippen MR) is 71.1 cm³/mol. The lowest BCUT2D eigenvalue weighted by Crippen LogP contribution is -2.49. The summed E-state index contributed by atoms with van der Waals surface area (Å²) in [4.78, 5) is 2.66. The highest BCUT2D eigenvalue weighted by atomic mass is 16.2. The number of hydrogen-bond donors (Lipinski definition) is 2. The van der Waals surface area contributed by atoms with Gasteiger partial charge in [0.25, 0.3) is 0 Å². The van der Waals surface area contributed by atoms with Gasteiger partial charge in [0.1, 0.15) is 0 Å². The number of piperidine rings is 1. The van der Waals surface area contributed by atoms with E-state index in [0.717, 1.165) is 24.8 Å². The highest BCUT2D eigenvalue weighted by Crippen LogP contribution is 2.31. The Bertz CT molecular complexity index is 218. The first-order valence-electron chi connectivity index (χ1n) is 7.38. The molecule has 2 rings (SSSR count). The Morgan fingerprint density at radius 2 is 2.06 bits per heavy atom. The van der Waals surface area contributed by atoms with E-state index < -0.39 is 0 Å². The zero-order chi connectivity index (χ0) is 12.1. The van der Waals surface area contributed by atoms with Gasteiger partial charge in [-0.1, -0.05) is 6.92 Å². The maximum atomic E-state index is 8.96. The van der Waals surface area contributed by atoms with Crippen molar-refractivity contribution in [3.8, 4) is 0 Å². The van der Waals surface area contributed by atoms with Gasteiger partial charge in [0.15, 0.2) is 0 Å². The summed E-state index contributed by atoms with van der Waals surface area (Å²) in [5.74, 6) is 1.78. The van der Waals surface area contributed by atoms with Crippen molar-refractivity contribution in [2.24, 2.45) is 11.8 Å². The molecule has 0 radical (unpaired) electrons. The zero-order valence-corrected chi connectivity index (χ0v) is 11.2. The van der Waals surface area contributed by atoms with Gasteiger partial charge in [-0.15, -0.1) is 0 Å². The predicted octanol–water partition coefficient (Wildman–Crippen LogP) is 1.47. The Labute approximate surface area is 106 Å². The normalized spacial score (nSPS) is 30.7. The zero-order valence-electron chi connectivity index (χ0n) is 11.2. The molecular formula is C14H28N2O. The highest BCUT2D eigenvalue weighted by molar-refractivity contribution is 4.86. The van der Waals surface area contributed by atoms with Gasteiger partial charge in [0.2, 0.25) is 0 Å². The van der Waals surface area contributed by atoms with E-state index >= 15 is 0 Å². The number of likely N-dealkylation sites (N-methyl/N-ethyl adjacent to an activating group) is 1. The number of rotatable bonds is 7. The molecule has 2 aliphatic rings. The molecule has 1 heterocycles. The number of likely N-dealkylation sites (tertiary alicyclic amines) is 1. The third-order valence-corrected chi connectivity index (χ3v) is 4.09. The molecule has 17 heavy (non-hydrogen) atoms. The minimum absolute atomic E-state index is 0.352. The first-order chi connectivity index (χ1) is 8.31. The minimum atomic E-state index is 0.352. The molecule has 2 unspecified atom stereocenters. The van der Waals surface area contributed by atoms with Crippen molar-refractivity contribution in [2.75, 3.05) is 32.8 Å². The summed E-state index contributed by atoms with van der Waals surface area (Å²) >= 11 is 0. The monoisotopic (exact) mass is 240 g/mol. The van der Waals surface area contributed by atoms with Gasteiger partial charge in [-0.05, 0) is 50.5 Å². The summed E-state index contributed by atoms with van der Waals surface area (Å²) in [6.45, 7) is 7.44. The largest absolute Gasteiger partial charge is 0.396 e. The summed E-state index contributed by atoms with van der Waals surface area (Å²) in [6, 6.07) is 0.677. The lowest BCUT2D eigenvalue weighted by molar-refractivity contribution is 0.126. The summed E-state index contributed by atoms with van der Waals surface area (Å²) in [6.07, 6.45) is 6.36. The van der Waals surface area contributed by atoms with Crippen LogP contribution in [0.4, 0.5) is 0 Å². The molecule has 1 aliphatic heterocycles. The van der Waals surface area contributed by atoms with E-state index in [1.54, 1.807) is 0 Å². The lowest BCUT2D eigenvalue weighted by atomic mass is 9.90. The van der Waals surface area contributed by atoms with E-state index in [9.17, 15) is 0 Å². The topological polar surface area (TPSA) is 35.5 Å². The van der Waals surface area contributed by atoms with Crippen LogP contribution < -0.4 is 5.32 Å². The van der Waals surface area contributed by atoms with Crippen LogP contribution in [0, 0.1) is 11.8 Å². The average molecular weight is 240 g/mol. The molecule has 3 heteroatoms. The van der Waals surface area contributed by atoms with Gasteiger partial charge in [-0.25, -0.2) is 0 Å². The summed E-state index contributed by atoms with van der Waals surface area (Å²) in [5.41, 5.74) is 0. The molecule has 1 aliphatic carbocycles. The quantitative estimate of drug-likeness (QED) is 0.707. The Hall–Kier alpha value is -0.120. The Balaban J connectivity index is 1.79. The molecule has 0 amide bonds. The maximum absolute atomic E-state index is 8.96. The van der Waals surface area contributed by atoms with E-state index in [-0.39, 0.29) is 0 Å². The Kier molecular flexibility index (Phi) is 5.26. The van der Waals surface area contributed by atoms with Gasteiger partial charge in [-0.3, -0.25) is 0 Å². The lowest BCUT2D eigenvalue weighted by Gasteiger charge is -2.38. The second-order valence-corrected chi connectivity index (χ2v) is 5.88. The van der Waals surface area contributed by atoms with Crippen LogP contribution in [-0.2, 0) is 0 Å². The molecule has 100 valence electrons. The van der Waals surface area contributed by atoms with Crippen molar-refractivity contribution < 1.29 is 5.11 Å². The number of hydrogen-bond acceptors (Lipinski definition) is 3. The van der Waals surface area contributed by atoms with Crippen molar-refractivity contribution >= 4 is 0 Å². The van der Waals surface area contributed by atoms with Gasteiger partial charge in [0.05, 0.1) is 0 Å². The molecule has 0 bridgehead atoms. The van der Waals surface area contributed by atoms with Gasteiger partial charge < -0.3 is 15.3 Å². The van der Waals surface area contributed by atoms with Crippen LogP contribution in [0.2, 0.25) is 0 Å². The van der Waals surface area contributed by atoms with E-state index in [4.69, 9.17) is 5.11 Å². The van der Waals surface area contributed by atoms with Gasteiger partial charge in [0, 0.05) is 32.3 Å². The Morgan fingerprint density at radius 3 is 2.71 bits per heavy atom. The van der Waals surface area contributed by atoms with Crippen LogP contribution in [-0.4, -0.2) is 48.8 Å². The first-order valence-corrected chi connectivity index (χ1v) is 7.38. The minimum Gasteiger partial charge on any atom is -0.396 e. The summed E-state index contributed by atoms with van der Waals surface area (Å²) in [5, 5.41) is 12.6. The molecule has 0 aromatic carbocycles. The molecule has 2 N–H and O–H groups in total. The maximum Gasteiger partial charge on any atom is 0.0431 e. The fourth-order valence-electron chi connectivity index (χ4n) is 3.14. The van der Waals surface area contributed by atoms with Crippen molar-refractivity contribution in [2.45, 2.75) is 45.1 Å². The molecule has 1 saturated carbocycles. The number of aliphatic hydroxyl groups excluding tert-OH is 1. The van der Waals surface area contributed by atoms with Crippen LogP contribution in [0.1, 0.15) is 39.0 Å². The SMILES string of the molecule is CCNC1CC(CCCO)CN(CC2CC2)C1. The second-order valence-electron chi connectivity index (χ2n) is 5.88. The molecule has 1 saturated heterocycles. The second kappa shape index (κ2) is 6.72. The average Bonchev–Trinajstić information content (AvgIpc) is 3.10. The summed E-state index contributed by atoms with van der Waals surface area (Å²) < 4.78 is 0. The number of aliphatic hydroxyl groups is 1. The van der Waals surface area contributed by atoms with E-state index in [0.29, 0.717) is 12.6 Å². The smallest absolute Gasteiger partial charge is 0.0431 e. The van der Waals surface area contributed by atoms with Crippen molar-refractivity contribution in [1.82, 2.24) is 10.2 Å². The van der Waals surface area contributed by atoms with Crippen molar-refractivity contribution in [3.63, 3.8) is 0 Å². The third kappa shape index (κ3) is 4.57. The molecule has 0 aromatic rings. The van der Waals surface area contributed by atoms with Crippen LogP contribution >= 0.6 is 0 Å². The highest BCUT2D eigenvalue weighted by Gasteiger charge is 2.30.